The highest BCUT2D eigenvalue weighted by Crippen LogP contribution is 2.30. The zero-order chi connectivity index (χ0) is 26.2. The van der Waals surface area contributed by atoms with E-state index in [0.717, 1.165) is 36.9 Å². The van der Waals surface area contributed by atoms with Crippen molar-refractivity contribution in [2.75, 3.05) is 4.72 Å². The van der Waals surface area contributed by atoms with Crippen molar-refractivity contribution in [3.8, 4) is 0 Å². The van der Waals surface area contributed by atoms with Crippen LogP contribution in [-0.2, 0) is 16.6 Å². The number of aryl methyl sites for hydroxylation is 2. The van der Waals surface area contributed by atoms with E-state index in [-0.39, 0.29) is 34.6 Å². The smallest absolute Gasteiger partial charge is 0.261 e. The Bertz CT molecular complexity index is 1620. The van der Waals surface area contributed by atoms with Gasteiger partial charge in [0.1, 0.15) is 0 Å². The SMILES string of the molecule is Cc1cc(C)c(CN(C(=O)c2cc(NS(=O)(=O)c3ccccc3)cc3[nH]ncc23)C2CCCC2)c(=O)[nH]1. The van der Waals surface area contributed by atoms with Crippen molar-refractivity contribution in [3.63, 3.8) is 0 Å². The third-order valence-corrected chi connectivity index (χ3v) is 8.34. The van der Waals surface area contributed by atoms with Crippen LogP contribution in [0.15, 0.2) is 64.4 Å². The maximum atomic E-state index is 14.1. The van der Waals surface area contributed by atoms with Crippen LogP contribution >= 0.6 is 0 Å². The fourth-order valence-corrected chi connectivity index (χ4v) is 6.15. The number of nitrogens with one attached hydrogen (secondary N) is 3. The fourth-order valence-electron chi connectivity index (χ4n) is 5.09. The first kappa shape index (κ1) is 24.8. The van der Waals surface area contributed by atoms with Gasteiger partial charge in [0.25, 0.3) is 21.5 Å². The van der Waals surface area contributed by atoms with Crippen molar-refractivity contribution in [1.29, 1.82) is 0 Å². The molecule has 0 bridgehead atoms. The minimum absolute atomic E-state index is 0.0146. The molecule has 4 aromatic rings. The molecular weight excluding hydrogens is 490 g/mol. The average Bonchev–Trinajstić information content (AvgIpc) is 3.55. The molecule has 1 amide bonds. The van der Waals surface area contributed by atoms with Crippen molar-refractivity contribution < 1.29 is 13.2 Å². The number of aromatic nitrogens is 3. The fraction of sp³-hybridized carbons (Fsp3) is 0.296. The van der Waals surface area contributed by atoms with Gasteiger partial charge < -0.3 is 9.88 Å². The molecule has 0 atom stereocenters. The van der Waals surface area contributed by atoms with Crippen molar-refractivity contribution >= 4 is 32.5 Å². The van der Waals surface area contributed by atoms with Gasteiger partial charge in [-0.25, -0.2) is 8.42 Å². The van der Waals surface area contributed by atoms with Crippen LogP contribution in [-0.4, -0.2) is 40.4 Å². The Hall–Kier alpha value is -3.92. The molecule has 1 saturated carbocycles. The summed E-state index contributed by atoms with van der Waals surface area (Å²) in [5, 5.41) is 7.53. The molecule has 10 heteroatoms. The van der Waals surface area contributed by atoms with Gasteiger partial charge in [0.2, 0.25) is 0 Å². The van der Waals surface area contributed by atoms with Gasteiger partial charge in [0.15, 0.2) is 0 Å². The second-order valence-electron chi connectivity index (χ2n) is 9.59. The van der Waals surface area contributed by atoms with Crippen molar-refractivity contribution in [2.45, 2.75) is 57.0 Å². The van der Waals surface area contributed by atoms with E-state index in [9.17, 15) is 18.0 Å². The average molecular weight is 520 g/mol. The number of rotatable bonds is 7. The maximum absolute atomic E-state index is 14.1. The molecule has 0 aliphatic heterocycles. The summed E-state index contributed by atoms with van der Waals surface area (Å²) in [5.74, 6) is -0.265. The molecule has 192 valence electrons. The molecule has 1 aliphatic rings. The number of pyridine rings is 1. The lowest BCUT2D eigenvalue weighted by Crippen LogP contribution is -2.40. The Labute approximate surface area is 215 Å². The normalized spacial score (nSPS) is 14.2. The number of anilines is 1. The number of benzene rings is 2. The van der Waals surface area contributed by atoms with Crippen molar-refractivity contribution in [2.24, 2.45) is 0 Å². The first-order valence-electron chi connectivity index (χ1n) is 12.3. The lowest BCUT2D eigenvalue weighted by molar-refractivity contribution is 0.0665. The van der Waals surface area contributed by atoms with E-state index in [2.05, 4.69) is 19.9 Å². The van der Waals surface area contributed by atoms with E-state index >= 15 is 0 Å². The van der Waals surface area contributed by atoms with Crippen LogP contribution in [0.1, 0.15) is 52.9 Å². The topological polar surface area (TPSA) is 128 Å². The largest absolute Gasteiger partial charge is 0.331 e. The molecule has 0 saturated heterocycles. The molecule has 9 nitrogen and oxygen atoms in total. The van der Waals surface area contributed by atoms with Gasteiger partial charge in [0.05, 0.1) is 34.4 Å². The van der Waals surface area contributed by atoms with Crippen LogP contribution in [0.4, 0.5) is 5.69 Å². The minimum atomic E-state index is -3.86. The number of sulfonamides is 1. The van der Waals surface area contributed by atoms with Gasteiger partial charge in [-0.05, 0) is 62.6 Å². The van der Waals surface area contributed by atoms with Gasteiger partial charge in [-0.1, -0.05) is 31.0 Å². The number of hydrogen-bond acceptors (Lipinski definition) is 5. The highest BCUT2D eigenvalue weighted by molar-refractivity contribution is 7.92. The van der Waals surface area contributed by atoms with E-state index < -0.39 is 10.0 Å². The predicted octanol–water partition coefficient (Wildman–Crippen LogP) is 4.25. The number of fused-ring (bicyclic) bond motifs is 1. The molecule has 3 N–H and O–H groups in total. The summed E-state index contributed by atoms with van der Waals surface area (Å²) in [5.41, 5.74) is 3.05. The van der Waals surface area contributed by atoms with Crippen LogP contribution in [0.2, 0.25) is 0 Å². The molecule has 0 spiro atoms. The van der Waals surface area contributed by atoms with Crippen LogP contribution in [0, 0.1) is 13.8 Å². The molecule has 2 aromatic heterocycles. The number of aromatic amines is 2. The summed E-state index contributed by atoms with van der Waals surface area (Å²) in [7, 11) is -3.86. The zero-order valence-corrected chi connectivity index (χ0v) is 21.6. The monoisotopic (exact) mass is 519 g/mol. The quantitative estimate of drug-likeness (QED) is 0.336. The van der Waals surface area contributed by atoms with Crippen LogP contribution in [0.5, 0.6) is 0 Å². The third-order valence-electron chi connectivity index (χ3n) is 6.94. The third kappa shape index (κ3) is 5.01. The number of hydrogen-bond donors (Lipinski definition) is 3. The molecule has 5 rings (SSSR count). The van der Waals surface area contributed by atoms with Crippen LogP contribution in [0.3, 0.4) is 0 Å². The van der Waals surface area contributed by atoms with E-state index in [0.29, 0.717) is 22.0 Å². The maximum Gasteiger partial charge on any atom is 0.261 e. The summed E-state index contributed by atoms with van der Waals surface area (Å²) in [6, 6.07) is 13.1. The summed E-state index contributed by atoms with van der Waals surface area (Å²) < 4.78 is 28.5. The second kappa shape index (κ2) is 9.85. The molecule has 2 aromatic carbocycles. The number of H-pyrrole nitrogens is 2. The van der Waals surface area contributed by atoms with Crippen molar-refractivity contribution in [3.05, 3.63) is 87.5 Å². The standard InChI is InChI=1S/C27H29N5O4S/c1-17-12-18(2)29-26(33)24(17)16-32(20-8-6-7-9-20)27(34)22-13-19(14-25-23(22)15-28-30-25)31-37(35,36)21-10-4-3-5-11-21/h3-5,10-15,20,31H,6-9,16H2,1-2H3,(H,28,30)(H,29,33). The number of nitrogens with zero attached hydrogens (tertiary/aromatic N) is 2. The molecule has 1 fully saturated rings. The summed E-state index contributed by atoms with van der Waals surface area (Å²) in [6.07, 6.45) is 5.28. The Morgan fingerprint density at radius 3 is 2.54 bits per heavy atom. The summed E-state index contributed by atoms with van der Waals surface area (Å²) in [4.78, 5) is 31.6. The van der Waals surface area contributed by atoms with Gasteiger partial charge in [-0.3, -0.25) is 19.4 Å². The number of amides is 1. The Balaban J connectivity index is 1.55. The Morgan fingerprint density at radius 2 is 1.84 bits per heavy atom. The number of carbonyl (C=O) groups excluding carboxylic acids is 1. The summed E-state index contributed by atoms with van der Waals surface area (Å²) in [6.45, 7) is 3.88. The van der Waals surface area contributed by atoms with Gasteiger partial charge >= 0.3 is 0 Å². The highest BCUT2D eigenvalue weighted by Gasteiger charge is 2.30. The minimum Gasteiger partial charge on any atom is -0.331 e. The molecular formula is C27H29N5O4S. The Kier molecular flexibility index (Phi) is 6.59. The Morgan fingerprint density at radius 1 is 1.11 bits per heavy atom. The zero-order valence-electron chi connectivity index (χ0n) is 20.7. The number of carbonyl (C=O) groups is 1. The first-order chi connectivity index (χ1) is 17.7. The summed E-state index contributed by atoms with van der Waals surface area (Å²) >= 11 is 0. The molecule has 2 heterocycles. The predicted molar refractivity (Wildman–Crippen MR) is 142 cm³/mol. The van der Waals surface area contributed by atoms with E-state index in [4.69, 9.17) is 0 Å². The van der Waals surface area contributed by atoms with E-state index in [1.807, 2.05) is 19.9 Å². The van der Waals surface area contributed by atoms with Crippen molar-refractivity contribution in [1.82, 2.24) is 20.1 Å². The lowest BCUT2D eigenvalue weighted by Gasteiger charge is -2.30. The molecule has 0 unspecified atom stereocenters. The van der Waals surface area contributed by atoms with E-state index in [1.54, 1.807) is 41.4 Å². The molecule has 0 radical (unpaired) electrons. The first-order valence-corrected chi connectivity index (χ1v) is 13.8. The van der Waals surface area contributed by atoms with Gasteiger partial charge in [-0.15, -0.1) is 0 Å². The van der Waals surface area contributed by atoms with E-state index in [1.165, 1.54) is 12.1 Å². The van der Waals surface area contributed by atoms with Crippen LogP contribution in [0.25, 0.3) is 10.9 Å². The molecule has 1 aliphatic carbocycles. The highest BCUT2D eigenvalue weighted by atomic mass is 32.2. The van der Waals surface area contributed by atoms with Gasteiger partial charge in [0, 0.05) is 22.7 Å². The van der Waals surface area contributed by atoms with Crippen LogP contribution < -0.4 is 10.3 Å². The van der Waals surface area contributed by atoms with Gasteiger partial charge in [-0.2, -0.15) is 5.10 Å². The lowest BCUT2D eigenvalue weighted by atomic mass is 10.0. The second-order valence-corrected chi connectivity index (χ2v) is 11.3. The molecule has 37 heavy (non-hydrogen) atoms.